The van der Waals surface area contributed by atoms with E-state index in [0.29, 0.717) is 22.0 Å². The zero-order chi connectivity index (χ0) is 16.3. The smallest absolute Gasteiger partial charge is 0.338 e. The molecule has 0 amide bonds. The number of nitrogens with one attached hydrogen (secondary N) is 1. The lowest BCUT2D eigenvalue weighted by Crippen LogP contribution is -2.21. The van der Waals surface area contributed by atoms with E-state index in [-0.39, 0.29) is 10.9 Å². The maximum absolute atomic E-state index is 11.9. The van der Waals surface area contributed by atoms with Gasteiger partial charge in [0.15, 0.2) is 5.12 Å². The first-order valence-electron chi connectivity index (χ1n) is 6.63. The molecule has 0 saturated heterocycles. The summed E-state index contributed by atoms with van der Waals surface area (Å²) in [6, 6.07) is 4.89. The molecule has 0 spiro atoms. The molecule has 2 atom stereocenters. The van der Waals surface area contributed by atoms with Crippen molar-refractivity contribution in [2.75, 3.05) is 12.9 Å². The molecule has 0 saturated carbocycles. The maximum Gasteiger partial charge on any atom is 0.338 e. The molecule has 2 rings (SSSR count). The van der Waals surface area contributed by atoms with Gasteiger partial charge in [0.1, 0.15) is 6.10 Å². The lowest BCUT2D eigenvalue weighted by atomic mass is 10.00. The van der Waals surface area contributed by atoms with Crippen molar-refractivity contribution in [1.82, 2.24) is 4.98 Å². The van der Waals surface area contributed by atoms with Gasteiger partial charge in [-0.2, -0.15) is 0 Å². The van der Waals surface area contributed by atoms with Crippen molar-refractivity contribution in [3.8, 4) is 0 Å². The summed E-state index contributed by atoms with van der Waals surface area (Å²) >= 11 is 0.934. The summed E-state index contributed by atoms with van der Waals surface area (Å²) in [5, 5.41) is 20.8. The van der Waals surface area contributed by atoms with Crippen LogP contribution in [0.25, 0.3) is 10.9 Å². The van der Waals surface area contributed by atoms with Gasteiger partial charge >= 0.3 is 5.97 Å². The highest BCUT2D eigenvalue weighted by Crippen LogP contribution is 2.27. The van der Waals surface area contributed by atoms with Crippen molar-refractivity contribution in [3.05, 3.63) is 35.5 Å². The molecule has 0 bridgehead atoms. The molecule has 0 fully saturated rings. The topological polar surface area (TPSA) is 99.6 Å². The fourth-order valence-corrected chi connectivity index (χ4v) is 2.74. The molecule has 1 aromatic heterocycles. The fraction of sp³-hybridized carbons (Fsp3) is 0.333. The Balaban J connectivity index is 2.34. The maximum atomic E-state index is 11.9. The lowest BCUT2D eigenvalue weighted by molar-refractivity contribution is -0.109. The van der Waals surface area contributed by atoms with Crippen LogP contribution < -0.4 is 0 Å². The van der Waals surface area contributed by atoms with Crippen molar-refractivity contribution < 1.29 is 24.5 Å². The lowest BCUT2D eigenvalue weighted by Gasteiger charge is -2.18. The number of rotatable bonds is 5. The molecule has 118 valence electrons. The molecular weight excluding hydrogens is 306 g/mol. The molecule has 2 unspecified atom stereocenters. The molecule has 2 aromatic rings. The molecule has 0 aliphatic rings. The fourth-order valence-electron chi connectivity index (χ4n) is 2.15. The van der Waals surface area contributed by atoms with Crippen LogP contribution in [0.15, 0.2) is 24.4 Å². The molecule has 0 radical (unpaired) electrons. The van der Waals surface area contributed by atoms with Crippen molar-refractivity contribution in [2.24, 2.45) is 0 Å². The number of H-pyrrole nitrogens is 1. The quantitative estimate of drug-likeness (QED) is 0.723. The highest BCUT2D eigenvalue weighted by molar-refractivity contribution is 8.13. The van der Waals surface area contributed by atoms with Crippen LogP contribution in [0.3, 0.4) is 0 Å². The van der Waals surface area contributed by atoms with Gasteiger partial charge in [-0.05, 0) is 23.8 Å². The zero-order valence-electron chi connectivity index (χ0n) is 12.2. The van der Waals surface area contributed by atoms with E-state index in [0.717, 1.165) is 11.8 Å². The van der Waals surface area contributed by atoms with Gasteiger partial charge in [0.05, 0.1) is 18.8 Å². The number of hydrogen-bond donors (Lipinski definition) is 3. The number of carbonyl (C=O) groups excluding carboxylic acids is 2. The molecule has 7 heteroatoms. The third-order valence-corrected chi connectivity index (χ3v) is 4.17. The molecule has 1 heterocycles. The van der Waals surface area contributed by atoms with Gasteiger partial charge in [0.2, 0.25) is 0 Å². The Labute approximate surface area is 131 Å². The third kappa shape index (κ3) is 3.49. The van der Waals surface area contributed by atoms with Crippen LogP contribution >= 0.6 is 11.8 Å². The first kappa shape index (κ1) is 16.5. The van der Waals surface area contributed by atoms with Crippen molar-refractivity contribution in [1.29, 1.82) is 0 Å². The summed E-state index contributed by atoms with van der Waals surface area (Å²) in [6.07, 6.45) is -0.648. The van der Waals surface area contributed by atoms with E-state index in [2.05, 4.69) is 4.98 Å². The minimum Gasteiger partial charge on any atom is -0.465 e. The van der Waals surface area contributed by atoms with Crippen molar-refractivity contribution in [2.45, 2.75) is 19.1 Å². The number of thioether (sulfide) groups is 1. The summed E-state index contributed by atoms with van der Waals surface area (Å²) < 4.78 is 4.74. The molecule has 3 N–H and O–H groups in total. The van der Waals surface area contributed by atoms with E-state index in [1.807, 2.05) is 0 Å². The van der Waals surface area contributed by atoms with Crippen LogP contribution in [-0.2, 0) is 9.53 Å². The largest absolute Gasteiger partial charge is 0.465 e. The molecule has 1 aromatic carbocycles. The van der Waals surface area contributed by atoms with Crippen LogP contribution in [0, 0.1) is 0 Å². The van der Waals surface area contributed by atoms with Gasteiger partial charge in [-0.3, -0.25) is 4.79 Å². The van der Waals surface area contributed by atoms with Crippen LogP contribution in [-0.4, -0.2) is 45.2 Å². The second-order valence-electron chi connectivity index (χ2n) is 4.81. The monoisotopic (exact) mass is 323 g/mol. The van der Waals surface area contributed by atoms with Crippen molar-refractivity contribution in [3.63, 3.8) is 0 Å². The van der Waals surface area contributed by atoms with Crippen LogP contribution in [0.4, 0.5) is 0 Å². The Kier molecular flexibility index (Phi) is 5.23. The number of methoxy groups -OCH3 is 1. The summed E-state index contributed by atoms with van der Waals surface area (Å²) in [6.45, 7) is 1.39. The number of carbonyl (C=O) groups is 2. The second-order valence-corrected chi connectivity index (χ2v) is 6.01. The number of hydrogen-bond acceptors (Lipinski definition) is 6. The number of aliphatic hydroxyl groups is 2. The van der Waals surface area contributed by atoms with Crippen LogP contribution in [0.1, 0.15) is 28.9 Å². The Morgan fingerprint density at radius 1 is 1.36 bits per heavy atom. The molecular formula is C15H17NO5S. The van der Waals surface area contributed by atoms with E-state index in [4.69, 9.17) is 4.74 Å². The predicted octanol–water partition coefficient (Wildman–Crippen LogP) is 1.63. The Morgan fingerprint density at radius 3 is 2.73 bits per heavy atom. The Hall–Kier alpha value is -1.83. The van der Waals surface area contributed by atoms with Crippen LogP contribution in [0.5, 0.6) is 0 Å². The molecule has 0 aliphatic heterocycles. The number of aliphatic hydroxyl groups excluding tert-OH is 2. The first-order valence-corrected chi connectivity index (χ1v) is 7.61. The minimum absolute atomic E-state index is 0.0762. The normalized spacial score (nSPS) is 13.8. The molecule has 0 aliphatic carbocycles. The molecule has 6 nitrogen and oxygen atoms in total. The summed E-state index contributed by atoms with van der Waals surface area (Å²) in [5.41, 5.74) is 1.34. The summed E-state index contributed by atoms with van der Waals surface area (Å²) in [4.78, 5) is 25.8. The van der Waals surface area contributed by atoms with Gasteiger partial charge in [-0.15, -0.1) is 0 Å². The highest BCUT2D eigenvalue weighted by Gasteiger charge is 2.22. The van der Waals surface area contributed by atoms with E-state index in [1.165, 1.54) is 20.1 Å². The van der Waals surface area contributed by atoms with Gasteiger partial charge in [0, 0.05) is 29.8 Å². The SMILES string of the molecule is COC(=O)c1cc(C(O)C(O)CSC(C)=O)cc2[nH]ccc12. The van der Waals surface area contributed by atoms with Gasteiger partial charge in [0.25, 0.3) is 0 Å². The predicted molar refractivity (Wildman–Crippen MR) is 83.7 cm³/mol. The molecule has 22 heavy (non-hydrogen) atoms. The average Bonchev–Trinajstić information content (AvgIpc) is 2.98. The number of ether oxygens (including phenoxy) is 1. The standard InChI is InChI=1S/C15H17NO5S/c1-8(17)22-7-13(18)14(19)9-5-11(15(20)21-2)10-3-4-16-12(10)6-9/h3-6,13-14,16,18-19H,7H2,1-2H3. The summed E-state index contributed by atoms with van der Waals surface area (Å²) in [5.74, 6) is -0.446. The third-order valence-electron chi connectivity index (χ3n) is 3.26. The Morgan fingerprint density at radius 2 is 2.09 bits per heavy atom. The van der Waals surface area contributed by atoms with E-state index < -0.39 is 18.2 Å². The van der Waals surface area contributed by atoms with Gasteiger partial charge in [-0.1, -0.05) is 11.8 Å². The highest BCUT2D eigenvalue weighted by atomic mass is 32.2. The Bertz CT molecular complexity index is 696. The van der Waals surface area contributed by atoms with Gasteiger partial charge < -0.3 is 19.9 Å². The second kappa shape index (κ2) is 6.95. The average molecular weight is 323 g/mol. The van der Waals surface area contributed by atoms with E-state index >= 15 is 0 Å². The van der Waals surface area contributed by atoms with E-state index in [9.17, 15) is 19.8 Å². The van der Waals surface area contributed by atoms with E-state index in [1.54, 1.807) is 18.3 Å². The first-order chi connectivity index (χ1) is 10.4. The minimum atomic E-state index is -1.21. The number of aromatic nitrogens is 1. The number of fused-ring (bicyclic) bond motifs is 1. The number of esters is 1. The van der Waals surface area contributed by atoms with Crippen molar-refractivity contribution >= 4 is 33.7 Å². The number of aromatic amines is 1. The van der Waals surface area contributed by atoms with Crippen LogP contribution in [0.2, 0.25) is 0 Å². The zero-order valence-corrected chi connectivity index (χ0v) is 13.0. The number of benzene rings is 1. The summed E-state index contributed by atoms with van der Waals surface area (Å²) in [7, 11) is 1.28. The van der Waals surface area contributed by atoms with Gasteiger partial charge in [-0.25, -0.2) is 4.79 Å².